The van der Waals surface area contributed by atoms with Crippen LogP contribution in [0.4, 0.5) is 8.78 Å². The maximum Gasteiger partial charge on any atom is 0.310 e. The number of ketones is 1. The molecule has 6 nitrogen and oxygen atoms in total. The molecule has 3 aromatic rings. The zero-order chi connectivity index (χ0) is 21.7. The number of Topliss-reactive ketones (excluding diaryl/α,β-unsaturated/α-hetero) is 1. The number of hydrogen-bond acceptors (Lipinski definition) is 6. The first kappa shape index (κ1) is 21.2. The Balaban J connectivity index is 1.49. The smallest absolute Gasteiger partial charge is 0.310 e. The van der Waals surface area contributed by atoms with Crippen molar-refractivity contribution in [1.29, 1.82) is 0 Å². The van der Waals surface area contributed by atoms with E-state index in [1.165, 1.54) is 0 Å². The first-order valence-corrected chi connectivity index (χ1v) is 9.11. The maximum absolute atomic E-state index is 13.6. The second kappa shape index (κ2) is 9.30. The van der Waals surface area contributed by atoms with Gasteiger partial charge in [0.05, 0.1) is 23.2 Å². The highest BCUT2D eigenvalue weighted by Gasteiger charge is 2.15. The molecule has 1 heterocycles. The third-order valence-corrected chi connectivity index (χ3v) is 4.43. The lowest BCUT2D eigenvalue weighted by Gasteiger charge is -2.08. The minimum Gasteiger partial charge on any atom is -0.489 e. The van der Waals surface area contributed by atoms with E-state index in [0.29, 0.717) is 23.7 Å². The molecule has 0 aliphatic carbocycles. The maximum atomic E-state index is 13.6. The van der Waals surface area contributed by atoms with Crippen molar-refractivity contribution in [1.82, 2.24) is 5.16 Å². The van der Waals surface area contributed by atoms with Gasteiger partial charge in [-0.3, -0.25) is 9.59 Å². The highest BCUT2D eigenvalue weighted by Crippen LogP contribution is 2.18. The van der Waals surface area contributed by atoms with Crippen LogP contribution in [0.1, 0.15) is 32.9 Å². The normalized spacial score (nSPS) is 10.7. The summed E-state index contributed by atoms with van der Waals surface area (Å²) >= 11 is 0. The van der Waals surface area contributed by atoms with E-state index in [4.69, 9.17) is 14.0 Å². The predicted octanol–water partition coefficient (Wildman–Crippen LogP) is 4.12. The molecular formula is C22H19F2NO5. The SMILES string of the molecule is Cc1noc(C)c1COc1ccc(CC(=O)OCC(=O)c2cc(F)ccc2F)cc1. The zero-order valence-electron chi connectivity index (χ0n) is 16.4. The van der Waals surface area contributed by atoms with Crippen LogP contribution in [0, 0.1) is 25.5 Å². The summed E-state index contributed by atoms with van der Waals surface area (Å²) in [5.74, 6) is -1.80. The average molecular weight is 415 g/mol. The third kappa shape index (κ3) is 5.28. The fourth-order valence-electron chi connectivity index (χ4n) is 2.72. The Morgan fingerprint density at radius 3 is 2.47 bits per heavy atom. The quantitative estimate of drug-likeness (QED) is 0.407. The Hall–Kier alpha value is -3.55. The molecule has 0 bridgehead atoms. The van der Waals surface area contributed by atoms with Crippen LogP contribution in [0.5, 0.6) is 5.75 Å². The summed E-state index contributed by atoms with van der Waals surface area (Å²) in [6.45, 7) is 3.28. The highest BCUT2D eigenvalue weighted by atomic mass is 19.1. The van der Waals surface area contributed by atoms with Gasteiger partial charge in [0.1, 0.15) is 29.8 Å². The zero-order valence-corrected chi connectivity index (χ0v) is 16.4. The van der Waals surface area contributed by atoms with E-state index in [-0.39, 0.29) is 6.42 Å². The number of aryl methyl sites for hydroxylation is 2. The summed E-state index contributed by atoms with van der Waals surface area (Å²) in [5.41, 5.74) is 1.83. The highest BCUT2D eigenvalue weighted by molar-refractivity contribution is 5.98. The van der Waals surface area contributed by atoms with Gasteiger partial charge in [-0.2, -0.15) is 0 Å². The third-order valence-electron chi connectivity index (χ3n) is 4.43. The van der Waals surface area contributed by atoms with E-state index in [1.807, 2.05) is 6.92 Å². The van der Waals surface area contributed by atoms with Crippen LogP contribution in [0.3, 0.4) is 0 Å². The fraction of sp³-hybridized carbons (Fsp3) is 0.227. The van der Waals surface area contributed by atoms with Gasteiger partial charge in [-0.1, -0.05) is 17.3 Å². The summed E-state index contributed by atoms with van der Waals surface area (Å²) in [4.78, 5) is 23.9. The molecule has 0 fully saturated rings. The summed E-state index contributed by atoms with van der Waals surface area (Å²) in [6.07, 6.45) is -0.0803. The minimum atomic E-state index is -0.871. The summed E-state index contributed by atoms with van der Waals surface area (Å²) < 4.78 is 42.4. The van der Waals surface area contributed by atoms with Gasteiger partial charge in [0.25, 0.3) is 0 Å². The molecule has 0 amide bonds. The van der Waals surface area contributed by atoms with Crippen molar-refractivity contribution >= 4 is 11.8 Å². The van der Waals surface area contributed by atoms with E-state index < -0.39 is 35.6 Å². The summed E-state index contributed by atoms with van der Waals surface area (Å²) in [6, 6.07) is 9.31. The number of nitrogens with zero attached hydrogens (tertiary/aromatic N) is 1. The average Bonchev–Trinajstić information content (AvgIpc) is 3.05. The molecule has 30 heavy (non-hydrogen) atoms. The van der Waals surface area contributed by atoms with E-state index in [2.05, 4.69) is 5.16 Å². The fourth-order valence-corrected chi connectivity index (χ4v) is 2.72. The first-order chi connectivity index (χ1) is 14.3. The van der Waals surface area contributed by atoms with Gasteiger partial charge in [0.2, 0.25) is 5.78 Å². The molecule has 0 N–H and O–H groups in total. The molecule has 0 unspecified atom stereocenters. The van der Waals surface area contributed by atoms with E-state index in [1.54, 1.807) is 31.2 Å². The van der Waals surface area contributed by atoms with Crippen molar-refractivity contribution in [3.05, 3.63) is 82.2 Å². The lowest BCUT2D eigenvalue weighted by atomic mass is 10.1. The number of carbonyl (C=O) groups is 2. The Kier molecular flexibility index (Phi) is 6.56. The molecule has 0 saturated heterocycles. The Labute approximate surface area is 171 Å². The Morgan fingerprint density at radius 1 is 1.07 bits per heavy atom. The van der Waals surface area contributed by atoms with Gasteiger partial charge >= 0.3 is 5.97 Å². The van der Waals surface area contributed by atoms with Gasteiger partial charge < -0.3 is 14.0 Å². The lowest BCUT2D eigenvalue weighted by Crippen LogP contribution is -2.16. The molecule has 3 rings (SSSR count). The van der Waals surface area contributed by atoms with Crippen molar-refractivity contribution in [3.63, 3.8) is 0 Å². The molecule has 1 aromatic heterocycles. The topological polar surface area (TPSA) is 78.6 Å². The first-order valence-electron chi connectivity index (χ1n) is 9.11. The summed E-state index contributed by atoms with van der Waals surface area (Å²) in [5, 5.41) is 3.86. The van der Waals surface area contributed by atoms with Crippen LogP contribution in [0.2, 0.25) is 0 Å². The van der Waals surface area contributed by atoms with Crippen LogP contribution in [-0.2, 0) is 22.6 Å². The Morgan fingerprint density at radius 2 is 1.80 bits per heavy atom. The molecule has 0 spiro atoms. The van der Waals surface area contributed by atoms with Crippen LogP contribution in [-0.4, -0.2) is 23.5 Å². The predicted molar refractivity (Wildman–Crippen MR) is 102 cm³/mol. The van der Waals surface area contributed by atoms with Gasteiger partial charge in [-0.15, -0.1) is 0 Å². The number of esters is 1. The molecule has 156 valence electrons. The van der Waals surface area contributed by atoms with Gasteiger partial charge in [0.15, 0.2) is 6.61 Å². The molecule has 8 heteroatoms. The van der Waals surface area contributed by atoms with Crippen LogP contribution < -0.4 is 4.74 Å². The van der Waals surface area contributed by atoms with E-state index in [0.717, 1.165) is 29.5 Å². The van der Waals surface area contributed by atoms with Gasteiger partial charge in [-0.25, -0.2) is 8.78 Å². The Bertz CT molecular complexity index is 1040. The van der Waals surface area contributed by atoms with E-state index in [9.17, 15) is 18.4 Å². The number of carbonyl (C=O) groups excluding carboxylic acids is 2. The van der Waals surface area contributed by atoms with Crippen molar-refractivity contribution in [2.45, 2.75) is 26.9 Å². The molecule has 0 aliphatic heterocycles. The van der Waals surface area contributed by atoms with Gasteiger partial charge in [-0.05, 0) is 49.7 Å². The number of benzene rings is 2. The van der Waals surface area contributed by atoms with Crippen molar-refractivity contribution in [2.24, 2.45) is 0 Å². The van der Waals surface area contributed by atoms with Crippen molar-refractivity contribution < 1.29 is 32.4 Å². The number of ether oxygens (including phenoxy) is 2. The van der Waals surface area contributed by atoms with Crippen LogP contribution in [0.15, 0.2) is 47.0 Å². The van der Waals surface area contributed by atoms with Crippen LogP contribution >= 0.6 is 0 Å². The molecule has 0 aliphatic rings. The van der Waals surface area contributed by atoms with Gasteiger partial charge in [0, 0.05) is 0 Å². The summed E-state index contributed by atoms with van der Waals surface area (Å²) in [7, 11) is 0. The largest absolute Gasteiger partial charge is 0.489 e. The lowest BCUT2D eigenvalue weighted by molar-refractivity contribution is -0.141. The second-order valence-corrected chi connectivity index (χ2v) is 6.62. The molecule has 0 atom stereocenters. The molecule has 0 radical (unpaired) electrons. The monoisotopic (exact) mass is 415 g/mol. The van der Waals surface area contributed by atoms with E-state index >= 15 is 0 Å². The number of rotatable bonds is 8. The number of halogens is 2. The van der Waals surface area contributed by atoms with Crippen LogP contribution in [0.25, 0.3) is 0 Å². The number of aromatic nitrogens is 1. The molecule has 0 saturated carbocycles. The molecule has 2 aromatic carbocycles. The van der Waals surface area contributed by atoms with Crippen molar-refractivity contribution in [3.8, 4) is 5.75 Å². The van der Waals surface area contributed by atoms with Crippen molar-refractivity contribution in [2.75, 3.05) is 6.61 Å². The standard InChI is InChI=1S/C22H19F2NO5/c1-13-19(14(2)30-25-13)11-28-17-6-3-15(4-7-17)9-22(27)29-12-21(26)18-10-16(23)5-8-20(18)24/h3-8,10H,9,11-12H2,1-2H3. The number of hydrogen-bond donors (Lipinski definition) is 0. The molecular weight excluding hydrogens is 396 g/mol. The minimum absolute atomic E-state index is 0.0803. The second-order valence-electron chi connectivity index (χ2n) is 6.62.